The van der Waals surface area contributed by atoms with E-state index in [9.17, 15) is 13.2 Å². The molecule has 0 aliphatic carbocycles. The quantitative estimate of drug-likeness (QED) is 0.824. The van der Waals surface area contributed by atoms with Gasteiger partial charge in [-0.05, 0) is 11.6 Å². The number of hydrogen-bond donors (Lipinski definition) is 0. The van der Waals surface area contributed by atoms with Crippen molar-refractivity contribution in [3.05, 3.63) is 53.9 Å². The van der Waals surface area contributed by atoms with Gasteiger partial charge in [-0.25, -0.2) is 0 Å². The van der Waals surface area contributed by atoms with Crippen molar-refractivity contribution < 1.29 is 13.2 Å². The van der Waals surface area contributed by atoms with Crippen LogP contribution >= 0.6 is 0 Å². The van der Waals surface area contributed by atoms with Crippen LogP contribution in [0.15, 0.2) is 42.6 Å². The average molecular weight is 262 g/mol. The van der Waals surface area contributed by atoms with Crippen LogP contribution in [0.2, 0.25) is 0 Å². The Bertz CT molecular complexity index is 613. The van der Waals surface area contributed by atoms with E-state index in [2.05, 4.69) is 4.98 Å². The van der Waals surface area contributed by atoms with Gasteiger partial charge >= 0.3 is 6.18 Å². The fourth-order valence-corrected chi connectivity index (χ4v) is 1.76. The molecule has 0 unspecified atom stereocenters. The van der Waals surface area contributed by atoms with Gasteiger partial charge in [0.2, 0.25) is 0 Å². The van der Waals surface area contributed by atoms with Crippen molar-refractivity contribution in [2.24, 2.45) is 0 Å². The molecule has 0 radical (unpaired) electrons. The van der Waals surface area contributed by atoms with Gasteiger partial charge < -0.3 is 0 Å². The average Bonchev–Trinajstić information content (AvgIpc) is 2.39. The summed E-state index contributed by atoms with van der Waals surface area (Å²) in [5.74, 6) is 0. The molecular weight excluding hydrogens is 253 g/mol. The lowest BCUT2D eigenvalue weighted by molar-refractivity contribution is -0.137. The van der Waals surface area contributed by atoms with Crippen LogP contribution in [0.5, 0.6) is 0 Å². The van der Waals surface area contributed by atoms with Crippen molar-refractivity contribution in [3.8, 4) is 17.2 Å². The first-order valence-electron chi connectivity index (χ1n) is 5.51. The maximum absolute atomic E-state index is 13.0. The Labute approximate surface area is 108 Å². The molecule has 5 heteroatoms. The molecule has 0 saturated carbocycles. The Morgan fingerprint density at radius 2 is 1.84 bits per heavy atom. The predicted molar refractivity (Wildman–Crippen MR) is 64.0 cm³/mol. The minimum Gasteiger partial charge on any atom is -0.260 e. The van der Waals surface area contributed by atoms with Crippen LogP contribution in [-0.4, -0.2) is 4.98 Å². The van der Waals surface area contributed by atoms with Gasteiger partial charge in [-0.3, -0.25) is 4.98 Å². The Morgan fingerprint density at radius 3 is 2.42 bits per heavy atom. The van der Waals surface area contributed by atoms with Crippen molar-refractivity contribution in [1.29, 1.82) is 5.26 Å². The SMILES string of the molecule is N#CCc1cc(C(F)(F)F)c(-c2ccccc2)cn1. The maximum Gasteiger partial charge on any atom is 0.417 e. The Morgan fingerprint density at radius 1 is 1.16 bits per heavy atom. The van der Waals surface area contributed by atoms with E-state index in [4.69, 9.17) is 5.26 Å². The fourth-order valence-electron chi connectivity index (χ4n) is 1.76. The second-order valence-electron chi connectivity index (χ2n) is 3.92. The number of nitriles is 1. The number of aromatic nitrogens is 1. The van der Waals surface area contributed by atoms with Crippen LogP contribution in [0, 0.1) is 11.3 Å². The van der Waals surface area contributed by atoms with E-state index in [0.717, 1.165) is 6.07 Å². The van der Waals surface area contributed by atoms with Crippen molar-refractivity contribution in [2.75, 3.05) is 0 Å². The van der Waals surface area contributed by atoms with Gasteiger partial charge in [0.1, 0.15) is 0 Å². The summed E-state index contributed by atoms with van der Waals surface area (Å²) < 4.78 is 39.1. The summed E-state index contributed by atoms with van der Waals surface area (Å²) in [5, 5.41) is 8.53. The zero-order valence-corrected chi connectivity index (χ0v) is 9.78. The van der Waals surface area contributed by atoms with Crippen molar-refractivity contribution >= 4 is 0 Å². The highest BCUT2D eigenvalue weighted by molar-refractivity contribution is 5.67. The second-order valence-corrected chi connectivity index (χ2v) is 3.92. The standard InChI is InChI=1S/C14H9F3N2/c15-14(16,17)13-8-11(6-7-18)19-9-12(13)10-4-2-1-3-5-10/h1-5,8-9H,6H2. The summed E-state index contributed by atoms with van der Waals surface area (Å²) in [6.45, 7) is 0. The largest absolute Gasteiger partial charge is 0.417 e. The molecule has 2 nitrogen and oxygen atoms in total. The van der Waals surface area contributed by atoms with Crippen LogP contribution < -0.4 is 0 Å². The van der Waals surface area contributed by atoms with Crippen LogP contribution in [0.4, 0.5) is 13.2 Å². The predicted octanol–water partition coefficient (Wildman–Crippen LogP) is 3.83. The van der Waals surface area contributed by atoms with E-state index < -0.39 is 11.7 Å². The van der Waals surface area contributed by atoms with Gasteiger partial charge in [-0.1, -0.05) is 30.3 Å². The lowest BCUT2D eigenvalue weighted by Gasteiger charge is -2.13. The summed E-state index contributed by atoms with van der Waals surface area (Å²) in [7, 11) is 0. The molecule has 0 amide bonds. The number of nitrogens with zero attached hydrogens (tertiary/aromatic N) is 2. The first kappa shape index (κ1) is 13.1. The highest BCUT2D eigenvalue weighted by Crippen LogP contribution is 2.36. The van der Waals surface area contributed by atoms with Crippen molar-refractivity contribution in [3.63, 3.8) is 0 Å². The van der Waals surface area contributed by atoms with Gasteiger partial charge in [0, 0.05) is 11.8 Å². The molecule has 0 N–H and O–H groups in total. The van der Waals surface area contributed by atoms with Gasteiger partial charge in [0.05, 0.1) is 23.7 Å². The zero-order valence-electron chi connectivity index (χ0n) is 9.78. The van der Waals surface area contributed by atoms with Gasteiger partial charge in [-0.15, -0.1) is 0 Å². The normalized spacial score (nSPS) is 11.1. The fraction of sp³-hybridized carbons (Fsp3) is 0.143. The first-order valence-corrected chi connectivity index (χ1v) is 5.51. The van der Waals surface area contributed by atoms with Crippen LogP contribution in [0.1, 0.15) is 11.3 Å². The second kappa shape index (κ2) is 5.11. The van der Waals surface area contributed by atoms with E-state index in [0.29, 0.717) is 5.56 Å². The molecule has 96 valence electrons. The molecule has 0 aliphatic rings. The molecule has 0 spiro atoms. The molecular formula is C14H9F3N2. The van der Waals surface area contributed by atoms with Crippen LogP contribution in [0.25, 0.3) is 11.1 Å². The molecule has 1 aromatic carbocycles. The number of alkyl halides is 3. The number of rotatable bonds is 2. The van der Waals surface area contributed by atoms with Gasteiger partial charge in [-0.2, -0.15) is 18.4 Å². The highest BCUT2D eigenvalue weighted by Gasteiger charge is 2.34. The molecule has 0 bridgehead atoms. The van der Waals surface area contributed by atoms with E-state index in [1.54, 1.807) is 36.4 Å². The molecule has 0 saturated heterocycles. The number of halogens is 3. The van der Waals surface area contributed by atoms with Crippen molar-refractivity contribution in [2.45, 2.75) is 12.6 Å². The minimum absolute atomic E-state index is 0.0230. The smallest absolute Gasteiger partial charge is 0.260 e. The number of hydrogen-bond acceptors (Lipinski definition) is 2. The third kappa shape index (κ3) is 2.91. The van der Waals surface area contributed by atoms with Gasteiger partial charge in [0.15, 0.2) is 0 Å². The Kier molecular flexibility index (Phi) is 3.52. The minimum atomic E-state index is -4.47. The topological polar surface area (TPSA) is 36.7 Å². The lowest BCUT2D eigenvalue weighted by Crippen LogP contribution is -2.09. The molecule has 19 heavy (non-hydrogen) atoms. The third-order valence-electron chi connectivity index (χ3n) is 2.61. The van der Waals surface area contributed by atoms with E-state index >= 15 is 0 Å². The molecule has 0 atom stereocenters. The zero-order chi connectivity index (χ0) is 13.9. The van der Waals surface area contributed by atoms with E-state index in [-0.39, 0.29) is 17.7 Å². The van der Waals surface area contributed by atoms with Crippen LogP contribution in [0.3, 0.4) is 0 Å². The van der Waals surface area contributed by atoms with Gasteiger partial charge in [0.25, 0.3) is 0 Å². The highest BCUT2D eigenvalue weighted by atomic mass is 19.4. The molecule has 2 rings (SSSR count). The number of pyridine rings is 1. The monoisotopic (exact) mass is 262 g/mol. The molecule has 0 aliphatic heterocycles. The summed E-state index contributed by atoms with van der Waals surface area (Å²) >= 11 is 0. The maximum atomic E-state index is 13.0. The number of benzene rings is 1. The molecule has 0 fully saturated rings. The lowest BCUT2D eigenvalue weighted by atomic mass is 10.0. The summed E-state index contributed by atoms with van der Waals surface area (Å²) in [6, 6.07) is 11.0. The molecule has 2 aromatic rings. The van der Waals surface area contributed by atoms with E-state index in [1.807, 2.05) is 0 Å². The first-order chi connectivity index (χ1) is 9.02. The Balaban J connectivity index is 2.59. The summed E-state index contributed by atoms with van der Waals surface area (Å²) in [5.41, 5.74) is -0.172. The Hall–Kier alpha value is -2.35. The summed E-state index contributed by atoms with van der Waals surface area (Å²) in [6.07, 6.45) is -3.44. The third-order valence-corrected chi connectivity index (χ3v) is 2.61. The molecule has 1 heterocycles. The summed E-state index contributed by atoms with van der Waals surface area (Å²) in [4.78, 5) is 3.90. The van der Waals surface area contributed by atoms with Crippen molar-refractivity contribution in [1.82, 2.24) is 4.98 Å². The van der Waals surface area contributed by atoms with E-state index in [1.165, 1.54) is 6.20 Å². The molecule has 1 aromatic heterocycles. The van der Waals surface area contributed by atoms with Crippen LogP contribution in [-0.2, 0) is 12.6 Å².